The second-order valence-electron chi connectivity index (χ2n) is 2.62. The number of hydrogen-bond acceptors (Lipinski definition) is 2. The van der Waals surface area contributed by atoms with Crippen LogP contribution < -0.4 is 0 Å². The first-order valence-corrected chi connectivity index (χ1v) is 4.39. The Morgan fingerprint density at radius 1 is 1.38 bits per heavy atom. The van der Waals surface area contributed by atoms with Gasteiger partial charge in [0.05, 0.1) is 12.1 Å². The maximum Gasteiger partial charge on any atom is 0.113 e. The Labute approximate surface area is 80.6 Å². The van der Waals surface area contributed by atoms with Crippen molar-refractivity contribution >= 4 is 22.6 Å². The number of allylic oxidation sites excluding steroid dienone is 1. The fraction of sp³-hybridized carbons (Fsp3) is 0.111. The van der Waals surface area contributed by atoms with Gasteiger partial charge in [-0.15, -0.1) is 5.10 Å². The van der Waals surface area contributed by atoms with E-state index in [1.165, 1.54) is 5.54 Å². The number of para-hydroxylation sites is 1. The molecule has 0 atom stereocenters. The molecule has 0 N–H and O–H groups in total. The molecule has 1 aromatic heterocycles. The molecule has 0 unspecified atom stereocenters. The smallest absolute Gasteiger partial charge is 0.113 e. The predicted molar refractivity (Wildman–Crippen MR) is 52.5 cm³/mol. The molecule has 0 aliphatic carbocycles. The summed E-state index contributed by atoms with van der Waals surface area (Å²) in [4.78, 5) is 0. The van der Waals surface area contributed by atoms with Crippen molar-refractivity contribution in [2.75, 3.05) is 0 Å². The molecule has 0 radical (unpaired) electrons. The molecule has 1 heterocycles. The molecular formula is C9H8ClN3. The summed E-state index contributed by atoms with van der Waals surface area (Å²) in [6.45, 7) is 0.657. The van der Waals surface area contributed by atoms with Crippen molar-refractivity contribution < 1.29 is 0 Å². The van der Waals surface area contributed by atoms with E-state index in [0.29, 0.717) is 6.54 Å². The Balaban J connectivity index is 2.45. The predicted octanol–water partition coefficient (Wildman–Crippen LogP) is 2.18. The molecule has 0 spiro atoms. The van der Waals surface area contributed by atoms with Crippen LogP contribution >= 0.6 is 11.6 Å². The molecule has 0 saturated carbocycles. The van der Waals surface area contributed by atoms with Gasteiger partial charge in [0.25, 0.3) is 0 Å². The molecule has 4 heteroatoms. The number of fused-ring (bicyclic) bond motifs is 1. The van der Waals surface area contributed by atoms with Gasteiger partial charge in [-0.1, -0.05) is 35.0 Å². The normalized spacial score (nSPS) is 11.5. The van der Waals surface area contributed by atoms with E-state index in [9.17, 15) is 0 Å². The van der Waals surface area contributed by atoms with Crippen LogP contribution in [0.25, 0.3) is 11.0 Å². The third-order valence-electron chi connectivity index (χ3n) is 1.79. The lowest BCUT2D eigenvalue weighted by atomic mass is 10.3. The average Bonchev–Trinajstić information content (AvgIpc) is 2.58. The third-order valence-corrected chi connectivity index (χ3v) is 1.97. The van der Waals surface area contributed by atoms with Crippen LogP contribution in [0, 0.1) is 0 Å². The number of hydrogen-bond donors (Lipinski definition) is 0. The lowest BCUT2D eigenvalue weighted by Gasteiger charge is -1.94. The van der Waals surface area contributed by atoms with Crippen LogP contribution in [-0.4, -0.2) is 15.0 Å². The van der Waals surface area contributed by atoms with Gasteiger partial charge in [0.1, 0.15) is 5.52 Å². The highest BCUT2D eigenvalue weighted by molar-refractivity contribution is 6.25. The minimum atomic E-state index is 0.657. The fourth-order valence-electron chi connectivity index (χ4n) is 1.19. The van der Waals surface area contributed by atoms with Gasteiger partial charge in [-0.05, 0) is 12.1 Å². The van der Waals surface area contributed by atoms with Crippen molar-refractivity contribution in [3.05, 3.63) is 35.9 Å². The molecule has 2 aromatic rings. The quantitative estimate of drug-likeness (QED) is 0.732. The van der Waals surface area contributed by atoms with Gasteiger partial charge in [0.2, 0.25) is 0 Å². The van der Waals surface area contributed by atoms with Crippen molar-refractivity contribution in [2.45, 2.75) is 6.54 Å². The summed E-state index contributed by atoms with van der Waals surface area (Å²) in [5.41, 5.74) is 3.42. The molecule has 3 nitrogen and oxygen atoms in total. The second kappa shape index (κ2) is 3.58. The van der Waals surface area contributed by atoms with Crippen molar-refractivity contribution in [1.82, 2.24) is 15.0 Å². The Hall–Kier alpha value is -1.35. The first-order chi connectivity index (χ1) is 6.42. The number of nitrogens with zero attached hydrogens (tertiary/aromatic N) is 3. The molecule has 66 valence electrons. The van der Waals surface area contributed by atoms with Crippen LogP contribution in [0.5, 0.6) is 0 Å². The highest BCUT2D eigenvalue weighted by Gasteiger charge is 1.99. The van der Waals surface area contributed by atoms with Gasteiger partial charge in [-0.3, -0.25) is 0 Å². The van der Waals surface area contributed by atoms with Gasteiger partial charge in [-0.2, -0.15) is 0 Å². The fourth-order valence-corrected chi connectivity index (χ4v) is 1.27. The summed E-state index contributed by atoms with van der Waals surface area (Å²) in [7, 11) is 0. The molecule has 0 amide bonds. The highest BCUT2D eigenvalue weighted by Crippen LogP contribution is 2.09. The van der Waals surface area contributed by atoms with E-state index < -0.39 is 0 Å². The van der Waals surface area contributed by atoms with Crippen molar-refractivity contribution in [3.63, 3.8) is 0 Å². The Kier molecular flexibility index (Phi) is 2.27. The summed E-state index contributed by atoms with van der Waals surface area (Å²) >= 11 is 5.43. The average molecular weight is 194 g/mol. The van der Waals surface area contributed by atoms with Crippen molar-refractivity contribution in [2.24, 2.45) is 0 Å². The number of aromatic nitrogens is 3. The number of halogens is 1. The largest absolute Gasteiger partial charge is 0.241 e. The Bertz CT molecular complexity index is 433. The zero-order valence-corrected chi connectivity index (χ0v) is 7.65. The molecule has 0 saturated heterocycles. The van der Waals surface area contributed by atoms with Crippen molar-refractivity contribution in [3.8, 4) is 0 Å². The molecule has 2 rings (SSSR count). The molecule has 13 heavy (non-hydrogen) atoms. The third kappa shape index (κ3) is 1.55. The van der Waals surface area contributed by atoms with Crippen molar-refractivity contribution in [1.29, 1.82) is 0 Å². The SMILES string of the molecule is Cl/C=C/Cn1nnc2ccccc21. The first-order valence-electron chi connectivity index (χ1n) is 3.95. The summed E-state index contributed by atoms with van der Waals surface area (Å²) in [6.07, 6.45) is 1.82. The van der Waals surface area contributed by atoms with Crippen LogP contribution in [0.1, 0.15) is 0 Å². The molecule has 0 bridgehead atoms. The maximum absolute atomic E-state index is 5.43. The van der Waals surface area contributed by atoms with Gasteiger partial charge in [0, 0.05) is 5.54 Å². The first kappa shape index (κ1) is 8.26. The summed E-state index contributed by atoms with van der Waals surface area (Å²) < 4.78 is 1.80. The monoisotopic (exact) mass is 193 g/mol. The van der Waals surface area contributed by atoms with Crippen LogP contribution in [-0.2, 0) is 6.54 Å². The summed E-state index contributed by atoms with van der Waals surface area (Å²) in [5, 5.41) is 8.00. The van der Waals surface area contributed by atoms with E-state index in [0.717, 1.165) is 11.0 Å². The zero-order chi connectivity index (χ0) is 9.10. The number of benzene rings is 1. The second-order valence-corrected chi connectivity index (χ2v) is 2.87. The molecule has 0 aliphatic rings. The van der Waals surface area contributed by atoms with Crippen LogP contribution in [0.2, 0.25) is 0 Å². The topological polar surface area (TPSA) is 30.7 Å². The van der Waals surface area contributed by atoms with Crippen LogP contribution in [0.4, 0.5) is 0 Å². The van der Waals surface area contributed by atoms with Gasteiger partial charge >= 0.3 is 0 Å². The molecular weight excluding hydrogens is 186 g/mol. The lowest BCUT2D eigenvalue weighted by molar-refractivity contribution is 0.683. The Morgan fingerprint density at radius 2 is 2.23 bits per heavy atom. The Morgan fingerprint density at radius 3 is 3.08 bits per heavy atom. The maximum atomic E-state index is 5.43. The van der Waals surface area contributed by atoms with Gasteiger partial charge in [-0.25, -0.2) is 4.68 Å². The van der Waals surface area contributed by atoms with E-state index in [4.69, 9.17) is 11.6 Å². The minimum absolute atomic E-state index is 0.657. The van der Waals surface area contributed by atoms with Gasteiger partial charge in [0.15, 0.2) is 0 Å². The molecule has 1 aromatic carbocycles. The lowest BCUT2D eigenvalue weighted by Crippen LogP contribution is -1.96. The van der Waals surface area contributed by atoms with Crippen LogP contribution in [0.15, 0.2) is 35.9 Å². The van der Waals surface area contributed by atoms with E-state index >= 15 is 0 Å². The molecule has 0 fully saturated rings. The number of rotatable bonds is 2. The standard InChI is InChI=1S/C9H8ClN3/c10-6-3-7-13-9-5-2-1-4-8(9)11-12-13/h1-6H,7H2/b6-3+. The van der Waals surface area contributed by atoms with E-state index in [1.54, 1.807) is 4.68 Å². The van der Waals surface area contributed by atoms with E-state index in [1.807, 2.05) is 30.3 Å². The zero-order valence-electron chi connectivity index (χ0n) is 6.89. The van der Waals surface area contributed by atoms with E-state index in [2.05, 4.69) is 10.3 Å². The molecule has 0 aliphatic heterocycles. The minimum Gasteiger partial charge on any atom is -0.241 e. The summed E-state index contributed by atoms with van der Waals surface area (Å²) in [6, 6.07) is 7.83. The van der Waals surface area contributed by atoms with E-state index in [-0.39, 0.29) is 0 Å². The van der Waals surface area contributed by atoms with Gasteiger partial charge < -0.3 is 0 Å². The summed E-state index contributed by atoms with van der Waals surface area (Å²) in [5.74, 6) is 0. The van der Waals surface area contributed by atoms with Crippen LogP contribution in [0.3, 0.4) is 0 Å². The highest BCUT2D eigenvalue weighted by atomic mass is 35.5.